The van der Waals surface area contributed by atoms with Crippen LogP contribution in [0.15, 0.2) is 108 Å². The van der Waals surface area contributed by atoms with Crippen molar-refractivity contribution in [1.82, 2.24) is 0 Å². The Morgan fingerprint density at radius 3 is 2.27 bits per heavy atom. The Hall–Kier alpha value is -4.91. The molecule has 6 nitrogen and oxygen atoms in total. The third-order valence-corrected chi connectivity index (χ3v) is 8.60. The van der Waals surface area contributed by atoms with Crippen molar-refractivity contribution in [1.29, 1.82) is 0 Å². The molecule has 45 heavy (non-hydrogen) atoms. The maximum atomic E-state index is 14.5. The van der Waals surface area contributed by atoms with Crippen molar-refractivity contribution in [2.75, 3.05) is 23.9 Å². The van der Waals surface area contributed by atoms with E-state index >= 15 is 0 Å². The van der Waals surface area contributed by atoms with E-state index < -0.39 is 6.04 Å². The standard InChI is InChI=1S/C38H37FN2O4/c1-3-4-7-22-45-31-20-12-26(13-21-31)37-36-33(23-28(24-35(36)42)25-10-16-29(39)17-11-25)40-32-8-5-6-9-34(32)41(37)38(43)27-14-18-30(44-2)19-15-27/h5-6,8-21,28,37,40H,3-4,7,22-24H2,1-2H3/t28-,37-/m0/s1. The average Bonchev–Trinajstić information content (AvgIpc) is 3.22. The Morgan fingerprint density at radius 2 is 1.56 bits per heavy atom. The molecule has 0 fully saturated rings. The minimum absolute atomic E-state index is 0.0525. The van der Waals surface area contributed by atoms with Gasteiger partial charge in [-0.25, -0.2) is 4.39 Å². The van der Waals surface area contributed by atoms with Crippen molar-refractivity contribution < 1.29 is 23.5 Å². The number of nitrogens with one attached hydrogen (secondary N) is 1. The fraction of sp³-hybridized carbons (Fsp3) is 0.263. The van der Waals surface area contributed by atoms with Gasteiger partial charge in [0.25, 0.3) is 5.91 Å². The van der Waals surface area contributed by atoms with Crippen LogP contribution in [0.5, 0.6) is 11.5 Å². The van der Waals surface area contributed by atoms with Gasteiger partial charge in [-0.1, -0.05) is 56.2 Å². The van der Waals surface area contributed by atoms with E-state index in [9.17, 15) is 14.0 Å². The zero-order valence-electron chi connectivity index (χ0n) is 25.6. The number of ketones is 1. The molecule has 2 aliphatic rings. The van der Waals surface area contributed by atoms with Crippen LogP contribution >= 0.6 is 0 Å². The second-order valence-electron chi connectivity index (χ2n) is 11.5. The number of benzene rings is 4. The first-order valence-electron chi connectivity index (χ1n) is 15.5. The Balaban J connectivity index is 1.47. The summed E-state index contributed by atoms with van der Waals surface area (Å²) in [6.45, 7) is 2.79. The van der Waals surface area contributed by atoms with Crippen LogP contribution in [0, 0.1) is 5.82 Å². The molecule has 1 amide bonds. The van der Waals surface area contributed by atoms with Crippen molar-refractivity contribution >= 4 is 23.1 Å². The molecular formula is C38H37FN2O4. The van der Waals surface area contributed by atoms with Gasteiger partial charge in [0.05, 0.1) is 31.1 Å². The van der Waals surface area contributed by atoms with Gasteiger partial charge < -0.3 is 14.8 Å². The molecule has 6 rings (SSSR count). The second-order valence-corrected chi connectivity index (χ2v) is 11.5. The van der Waals surface area contributed by atoms with Crippen LogP contribution in [0.1, 0.15) is 72.5 Å². The van der Waals surface area contributed by atoms with Crippen LogP contribution < -0.4 is 19.7 Å². The molecule has 0 radical (unpaired) electrons. The summed E-state index contributed by atoms with van der Waals surface area (Å²) < 4.78 is 25.1. The number of halogens is 1. The maximum Gasteiger partial charge on any atom is 0.259 e. The summed E-state index contributed by atoms with van der Waals surface area (Å²) in [5.74, 6) is 0.667. The number of ether oxygens (including phenoxy) is 2. The number of unbranched alkanes of at least 4 members (excludes halogenated alkanes) is 2. The molecule has 0 aromatic heterocycles. The SMILES string of the molecule is CCCCCOc1ccc([C@H]2C3=C(C[C@H](c4ccc(F)cc4)CC3=O)Nc3ccccc3N2C(=O)c2ccc(OC)cc2)cc1. The van der Waals surface area contributed by atoms with Gasteiger partial charge in [-0.15, -0.1) is 0 Å². The minimum Gasteiger partial charge on any atom is -0.497 e. The molecule has 1 aliphatic heterocycles. The Labute approximate surface area is 263 Å². The number of methoxy groups -OCH3 is 1. The van der Waals surface area contributed by atoms with E-state index in [1.54, 1.807) is 48.4 Å². The Bertz CT molecular complexity index is 1700. The minimum atomic E-state index is -0.693. The first-order chi connectivity index (χ1) is 22.0. The summed E-state index contributed by atoms with van der Waals surface area (Å²) in [6, 6.07) is 28.1. The number of allylic oxidation sites excluding steroid dienone is 1. The van der Waals surface area contributed by atoms with Gasteiger partial charge in [-0.3, -0.25) is 14.5 Å². The Kier molecular flexibility index (Phi) is 8.96. The number of nitrogens with zero attached hydrogens (tertiary/aromatic N) is 1. The number of carbonyl (C=O) groups is 2. The number of carbonyl (C=O) groups excluding carboxylic acids is 2. The highest BCUT2D eigenvalue weighted by Crippen LogP contribution is 2.48. The van der Waals surface area contributed by atoms with Crippen LogP contribution in [0.2, 0.25) is 0 Å². The van der Waals surface area contributed by atoms with Gasteiger partial charge in [0, 0.05) is 23.3 Å². The zero-order chi connectivity index (χ0) is 31.3. The lowest BCUT2D eigenvalue weighted by Crippen LogP contribution is -2.38. The van der Waals surface area contributed by atoms with E-state index in [0.717, 1.165) is 47.5 Å². The lowest BCUT2D eigenvalue weighted by molar-refractivity contribution is -0.116. The number of Topliss-reactive ketones (excluding diaryl/α,β-unsaturated/α-hetero) is 1. The molecular weight excluding hydrogens is 567 g/mol. The Morgan fingerprint density at radius 1 is 0.867 bits per heavy atom. The van der Waals surface area contributed by atoms with Gasteiger partial charge in [0.1, 0.15) is 17.3 Å². The van der Waals surface area contributed by atoms with Gasteiger partial charge in [-0.05, 0) is 90.6 Å². The van der Waals surface area contributed by atoms with Crippen LogP contribution in [0.4, 0.5) is 15.8 Å². The first-order valence-corrected chi connectivity index (χ1v) is 15.5. The second kappa shape index (κ2) is 13.4. The summed E-state index contributed by atoms with van der Waals surface area (Å²) >= 11 is 0. The molecule has 0 spiro atoms. The highest BCUT2D eigenvalue weighted by Gasteiger charge is 2.42. The number of anilines is 2. The van der Waals surface area contributed by atoms with E-state index in [2.05, 4.69) is 12.2 Å². The monoisotopic (exact) mass is 604 g/mol. The average molecular weight is 605 g/mol. The molecule has 4 aromatic carbocycles. The molecule has 7 heteroatoms. The molecule has 1 N–H and O–H groups in total. The molecule has 4 aromatic rings. The van der Waals surface area contributed by atoms with Crippen molar-refractivity contribution in [3.8, 4) is 11.5 Å². The van der Waals surface area contributed by atoms with Crippen molar-refractivity contribution in [3.63, 3.8) is 0 Å². The quantitative estimate of drug-likeness (QED) is 0.194. The molecule has 0 unspecified atom stereocenters. The number of rotatable bonds is 9. The van der Waals surface area contributed by atoms with Crippen molar-refractivity contribution in [2.24, 2.45) is 0 Å². The largest absolute Gasteiger partial charge is 0.497 e. The zero-order valence-corrected chi connectivity index (χ0v) is 25.6. The molecule has 0 saturated carbocycles. The van der Waals surface area contributed by atoms with Gasteiger partial charge >= 0.3 is 0 Å². The lowest BCUT2D eigenvalue weighted by atomic mass is 9.78. The van der Waals surface area contributed by atoms with Gasteiger partial charge in [-0.2, -0.15) is 0 Å². The summed E-state index contributed by atoms with van der Waals surface area (Å²) in [4.78, 5) is 30.5. The molecule has 1 aliphatic carbocycles. The van der Waals surface area contributed by atoms with Crippen LogP contribution in [-0.4, -0.2) is 25.4 Å². The normalized spacial score (nSPS) is 17.6. The summed E-state index contributed by atoms with van der Waals surface area (Å²) in [5, 5.41) is 3.55. The number of amides is 1. The molecule has 2 atom stereocenters. The molecule has 1 heterocycles. The van der Waals surface area contributed by atoms with E-state index in [1.807, 2.05) is 48.5 Å². The number of hydrogen-bond acceptors (Lipinski definition) is 5. The van der Waals surface area contributed by atoms with Crippen LogP contribution in [-0.2, 0) is 4.79 Å². The summed E-state index contributed by atoms with van der Waals surface area (Å²) in [5.41, 5.74) is 4.91. The highest BCUT2D eigenvalue weighted by molar-refractivity contribution is 6.12. The predicted molar refractivity (Wildman–Crippen MR) is 174 cm³/mol. The molecule has 0 saturated heterocycles. The first kappa shape index (κ1) is 30.1. The van der Waals surface area contributed by atoms with Crippen molar-refractivity contribution in [3.05, 3.63) is 131 Å². The third-order valence-electron chi connectivity index (χ3n) is 8.60. The smallest absolute Gasteiger partial charge is 0.259 e. The third kappa shape index (κ3) is 6.34. The van der Waals surface area contributed by atoms with E-state index in [-0.39, 0.29) is 29.8 Å². The highest BCUT2D eigenvalue weighted by atomic mass is 19.1. The summed E-state index contributed by atoms with van der Waals surface area (Å²) in [6.07, 6.45) is 3.99. The van der Waals surface area contributed by atoms with Crippen LogP contribution in [0.25, 0.3) is 0 Å². The van der Waals surface area contributed by atoms with Crippen LogP contribution in [0.3, 0.4) is 0 Å². The van der Waals surface area contributed by atoms with E-state index in [4.69, 9.17) is 9.47 Å². The van der Waals surface area contributed by atoms with E-state index in [1.165, 1.54) is 12.1 Å². The molecule has 0 bridgehead atoms. The fourth-order valence-corrected chi connectivity index (χ4v) is 6.26. The van der Waals surface area contributed by atoms with E-state index in [0.29, 0.717) is 35.6 Å². The van der Waals surface area contributed by atoms with Crippen molar-refractivity contribution in [2.45, 2.75) is 51.0 Å². The van der Waals surface area contributed by atoms with Gasteiger partial charge in [0.15, 0.2) is 5.78 Å². The predicted octanol–water partition coefficient (Wildman–Crippen LogP) is 8.62. The fourth-order valence-electron chi connectivity index (χ4n) is 6.26. The topological polar surface area (TPSA) is 67.9 Å². The number of hydrogen-bond donors (Lipinski definition) is 1. The number of para-hydroxylation sites is 2. The lowest BCUT2D eigenvalue weighted by Gasteiger charge is -2.35. The molecule has 230 valence electrons. The summed E-state index contributed by atoms with van der Waals surface area (Å²) in [7, 11) is 1.59. The number of fused-ring (bicyclic) bond motifs is 1. The maximum absolute atomic E-state index is 14.5. The van der Waals surface area contributed by atoms with Gasteiger partial charge in [0.2, 0.25) is 0 Å².